The molecule has 0 amide bonds. The molecule has 0 aliphatic carbocycles. The fourth-order valence-corrected chi connectivity index (χ4v) is 5.24. The van der Waals surface area contributed by atoms with E-state index in [4.69, 9.17) is 4.43 Å². The van der Waals surface area contributed by atoms with E-state index >= 15 is 0 Å². The van der Waals surface area contributed by atoms with Crippen LogP contribution in [-0.4, -0.2) is 50.5 Å². The van der Waals surface area contributed by atoms with Crippen molar-refractivity contribution in [2.75, 3.05) is 26.2 Å². The minimum atomic E-state index is -1.90. The second-order valence-corrected chi connectivity index (χ2v) is 15.3. The normalized spacial score (nSPS) is 21.2. The van der Waals surface area contributed by atoms with Crippen LogP contribution in [0.15, 0.2) is 24.3 Å². The summed E-state index contributed by atoms with van der Waals surface area (Å²) in [6, 6.07) is 6.85. The van der Waals surface area contributed by atoms with Gasteiger partial charge in [-0.1, -0.05) is 46.8 Å². The van der Waals surface area contributed by atoms with Crippen LogP contribution in [0.25, 0.3) is 0 Å². The Balaban J connectivity index is 2.25. The van der Waals surface area contributed by atoms with Gasteiger partial charge in [0.05, 0.1) is 5.41 Å². The molecular weight excluding hydrogens is 397 g/mol. The van der Waals surface area contributed by atoms with Crippen molar-refractivity contribution in [2.45, 2.75) is 71.5 Å². The smallest absolute Gasteiger partial charge is 0.310 e. The average Bonchev–Trinajstić information content (AvgIpc) is 3.06. The van der Waals surface area contributed by atoms with E-state index in [1.54, 1.807) is 12.1 Å². The van der Waals surface area contributed by atoms with Crippen molar-refractivity contribution >= 4 is 14.3 Å². The summed E-state index contributed by atoms with van der Waals surface area (Å²) in [5.41, 5.74) is 0.247. The standard InChI is InChI=1S/C24H40FNO3Si/c1-8-24(9-2,22(27)28)17-26-14-19(16-29-30(6,7)23(3,4)5)21(15-26)18-11-10-12-20(25)13-18/h10-13,19,21H,8-9,14-17H2,1-7H3,(H,27,28)/t19-,21-/m1/s1. The van der Waals surface area contributed by atoms with Gasteiger partial charge >= 0.3 is 5.97 Å². The van der Waals surface area contributed by atoms with Crippen LogP contribution in [0.3, 0.4) is 0 Å². The molecule has 1 aliphatic rings. The van der Waals surface area contributed by atoms with Crippen LogP contribution in [0.5, 0.6) is 0 Å². The van der Waals surface area contributed by atoms with Gasteiger partial charge in [0.15, 0.2) is 8.32 Å². The molecule has 1 N–H and O–H groups in total. The molecule has 0 unspecified atom stereocenters. The van der Waals surface area contributed by atoms with E-state index < -0.39 is 19.7 Å². The number of likely N-dealkylation sites (tertiary alicyclic amines) is 1. The van der Waals surface area contributed by atoms with Gasteiger partial charge in [0.1, 0.15) is 5.82 Å². The average molecular weight is 438 g/mol. The van der Waals surface area contributed by atoms with Crippen LogP contribution < -0.4 is 0 Å². The quantitative estimate of drug-likeness (QED) is 0.500. The number of hydrogen-bond donors (Lipinski definition) is 1. The van der Waals surface area contributed by atoms with Crippen molar-refractivity contribution in [3.05, 3.63) is 35.6 Å². The first-order valence-electron chi connectivity index (χ1n) is 11.2. The number of hydrogen-bond acceptors (Lipinski definition) is 3. The topological polar surface area (TPSA) is 49.8 Å². The number of carbonyl (C=O) groups is 1. The lowest BCUT2D eigenvalue weighted by atomic mass is 9.82. The Bertz CT molecular complexity index is 727. The van der Waals surface area contributed by atoms with Crippen LogP contribution in [0, 0.1) is 17.2 Å². The summed E-state index contributed by atoms with van der Waals surface area (Å²) in [6.07, 6.45) is 1.20. The molecule has 0 radical (unpaired) electrons. The predicted octanol–water partition coefficient (Wildman–Crippen LogP) is 5.75. The fourth-order valence-electron chi connectivity index (χ4n) is 4.18. The third-order valence-electron chi connectivity index (χ3n) is 7.59. The first kappa shape index (κ1) is 25.0. The maximum Gasteiger partial charge on any atom is 0.310 e. The molecule has 4 nitrogen and oxygen atoms in total. The zero-order valence-electron chi connectivity index (χ0n) is 19.8. The Kier molecular flexibility index (Phi) is 7.92. The van der Waals surface area contributed by atoms with Crippen molar-refractivity contribution < 1.29 is 18.7 Å². The van der Waals surface area contributed by atoms with Crippen molar-refractivity contribution in [3.8, 4) is 0 Å². The van der Waals surface area contributed by atoms with Gasteiger partial charge in [0.25, 0.3) is 0 Å². The maximum atomic E-state index is 13.9. The first-order valence-corrected chi connectivity index (χ1v) is 14.1. The molecule has 1 aliphatic heterocycles. The van der Waals surface area contributed by atoms with E-state index in [1.165, 1.54) is 6.07 Å². The summed E-state index contributed by atoms with van der Waals surface area (Å²) in [5.74, 6) is -0.584. The largest absolute Gasteiger partial charge is 0.481 e. The minimum Gasteiger partial charge on any atom is -0.481 e. The van der Waals surface area contributed by atoms with Crippen LogP contribution >= 0.6 is 0 Å². The van der Waals surface area contributed by atoms with Gasteiger partial charge in [-0.2, -0.15) is 0 Å². The van der Waals surface area contributed by atoms with Crippen molar-refractivity contribution in [3.63, 3.8) is 0 Å². The number of halogens is 1. The number of carboxylic acid groups (broad SMARTS) is 1. The molecular formula is C24H40FNO3Si. The summed E-state index contributed by atoms with van der Waals surface area (Å²) in [5, 5.41) is 10.0. The Hall–Kier alpha value is -1.24. The van der Waals surface area contributed by atoms with Crippen LogP contribution in [0.1, 0.15) is 58.9 Å². The Morgan fingerprint density at radius 3 is 2.37 bits per heavy atom. The third kappa shape index (κ3) is 5.51. The predicted molar refractivity (Wildman–Crippen MR) is 123 cm³/mol. The first-order chi connectivity index (χ1) is 13.8. The minimum absolute atomic E-state index is 0.128. The number of rotatable bonds is 9. The highest BCUT2D eigenvalue weighted by atomic mass is 28.4. The summed E-state index contributed by atoms with van der Waals surface area (Å²) in [6.45, 7) is 17.8. The molecule has 0 spiro atoms. The Morgan fingerprint density at radius 2 is 1.87 bits per heavy atom. The second-order valence-electron chi connectivity index (χ2n) is 10.5. The molecule has 1 aromatic rings. The summed E-state index contributed by atoms with van der Waals surface area (Å²) < 4.78 is 20.5. The highest BCUT2D eigenvalue weighted by Crippen LogP contribution is 2.40. The monoisotopic (exact) mass is 437 g/mol. The zero-order chi connectivity index (χ0) is 22.7. The van der Waals surface area contributed by atoms with Gasteiger partial charge in [0, 0.05) is 38.1 Å². The lowest BCUT2D eigenvalue weighted by molar-refractivity contribution is -0.150. The SMILES string of the molecule is CCC(CC)(CN1C[C@H](CO[Si](C)(C)C(C)(C)C)[C@@H](c2cccc(F)c2)C1)C(=O)O. The van der Waals surface area contributed by atoms with Gasteiger partial charge in [-0.25, -0.2) is 4.39 Å². The van der Waals surface area contributed by atoms with Crippen LogP contribution in [-0.2, 0) is 9.22 Å². The lowest BCUT2D eigenvalue weighted by Crippen LogP contribution is -2.43. The summed E-state index contributed by atoms with van der Waals surface area (Å²) in [7, 11) is -1.90. The van der Waals surface area contributed by atoms with Gasteiger partial charge in [0.2, 0.25) is 0 Å². The Morgan fingerprint density at radius 1 is 1.23 bits per heavy atom. The molecule has 2 rings (SSSR count). The molecule has 0 saturated carbocycles. The molecule has 1 heterocycles. The third-order valence-corrected chi connectivity index (χ3v) is 12.1. The second kappa shape index (κ2) is 9.49. The number of carboxylic acids is 1. The summed E-state index contributed by atoms with van der Waals surface area (Å²) >= 11 is 0. The molecule has 170 valence electrons. The fraction of sp³-hybridized carbons (Fsp3) is 0.708. The molecule has 1 saturated heterocycles. The van der Waals surface area contributed by atoms with Gasteiger partial charge in [-0.3, -0.25) is 4.79 Å². The van der Waals surface area contributed by atoms with Crippen LogP contribution in [0.4, 0.5) is 4.39 Å². The van der Waals surface area contributed by atoms with Gasteiger partial charge in [-0.15, -0.1) is 0 Å². The number of aliphatic carboxylic acids is 1. The molecule has 1 aromatic carbocycles. The molecule has 0 aromatic heterocycles. The molecule has 2 atom stereocenters. The zero-order valence-corrected chi connectivity index (χ0v) is 20.8. The van der Waals surface area contributed by atoms with E-state index in [-0.39, 0.29) is 22.7 Å². The van der Waals surface area contributed by atoms with E-state index in [0.717, 1.165) is 18.7 Å². The lowest BCUT2D eigenvalue weighted by Gasteiger charge is -2.37. The van der Waals surface area contributed by atoms with E-state index in [9.17, 15) is 14.3 Å². The van der Waals surface area contributed by atoms with Crippen molar-refractivity contribution in [1.82, 2.24) is 4.90 Å². The van der Waals surface area contributed by atoms with Gasteiger partial charge < -0.3 is 14.4 Å². The Labute approximate surface area is 182 Å². The maximum absolute atomic E-state index is 13.9. The molecule has 6 heteroatoms. The molecule has 30 heavy (non-hydrogen) atoms. The van der Waals surface area contributed by atoms with Gasteiger partial charge in [-0.05, 0) is 48.7 Å². The molecule has 1 fully saturated rings. The van der Waals surface area contributed by atoms with Crippen molar-refractivity contribution in [1.29, 1.82) is 0 Å². The van der Waals surface area contributed by atoms with Crippen molar-refractivity contribution in [2.24, 2.45) is 11.3 Å². The number of benzene rings is 1. The van der Waals surface area contributed by atoms with E-state index in [2.05, 4.69) is 38.8 Å². The highest BCUT2D eigenvalue weighted by Gasteiger charge is 2.43. The van der Waals surface area contributed by atoms with Crippen LogP contribution in [0.2, 0.25) is 18.1 Å². The van der Waals surface area contributed by atoms with E-state index in [1.807, 2.05) is 19.9 Å². The highest BCUT2D eigenvalue weighted by molar-refractivity contribution is 6.74. The molecule has 0 bridgehead atoms. The summed E-state index contributed by atoms with van der Waals surface area (Å²) in [4.78, 5) is 14.3. The van der Waals surface area contributed by atoms with E-state index in [0.29, 0.717) is 26.0 Å². The number of nitrogens with zero attached hydrogens (tertiary/aromatic N) is 1.